The van der Waals surface area contributed by atoms with Crippen LogP contribution in [0.15, 0.2) is 59.4 Å². The van der Waals surface area contributed by atoms with Crippen molar-refractivity contribution in [3.8, 4) is 5.75 Å². The Hall–Kier alpha value is -3.12. The van der Waals surface area contributed by atoms with E-state index < -0.39 is 5.91 Å². The fourth-order valence-corrected chi connectivity index (χ4v) is 2.69. The van der Waals surface area contributed by atoms with E-state index in [1.54, 1.807) is 18.2 Å². The molecule has 1 heterocycles. The van der Waals surface area contributed by atoms with Crippen LogP contribution >= 0.6 is 11.6 Å². The minimum Gasteiger partial charge on any atom is -0.495 e. The van der Waals surface area contributed by atoms with Crippen molar-refractivity contribution in [3.05, 3.63) is 86.8 Å². The predicted octanol–water partition coefficient (Wildman–Crippen LogP) is 3.51. The number of nitrogens with zero attached hydrogens (tertiary/aromatic N) is 2. The zero-order chi connectivity index (χ0) is 19.4. The van der Waals surface area contributed by atoms with Gasteiger partial charge in [0.2, 0.25) is 0 Å². The summed E-state index contributed by atoms with van der Waals surface area (Å²) in [5, 5.41) is 7.35. The lowest BCUT2D eigenvalue weighted by atomic mass is 10.1. The Labute approximate surface area is 161 Å². The molecule has 0 radical (unpaired) electrons. The van der Waals surface area contributed by atoms with Crippen LogP contribution in [-0.2, 0) is 6.54 Å². The van der Waals surface area contributed by atoms with Crippen LogP contribution in [0.25, 0.3) is 0 Å². The standard InChI is InChI=1S/C20H18ClN3O3/c1-13-3-5-14(6-4-13)12-24-19(25)10-8-16(23-24)20(26)22-17-11-15(21)7-9-18(17)27-2/h3-11H,12H2,1-2H3,(H,22,26). The second-order valence-electron chi connectivity index (χ2n) is 6.00. The number of methoxy groups -OCH3 is 1. The molecule has 0 saturated carbocycles. The van der Waals surface area contributed by atoms with E-state index in [-0.39, 0.29) is 17.8 Å². The first kappa shape index (κ1) is 18.7. The molecule has 7 heteroatoms. The van der Waals surface area contributed by atoms with Gasteiger partial charge < -0.3 is 10.1 Å². The molecular weight excluding hydrogens is 366 g/mol. The number of aromatic nitrogens is 2. The molecule has 0 atom stereocenters. The summed E-state index contributed by atoms with van der Waals surface area (Å²) < 4.78 is 6.48. The molecule has 0 saturated heterocycles. The predicted molar refractivity (Wildman–Crippen MR) is 105 cm³/mol. The van der Waals surface area contributed by atoms with Crippen molar-refractivity contribution in [3.63, 3.8) is 0 Å². The number of amides is 1. The molecule has 3 rings (SSSR count). The van der Waals surface area contributed by atoms with E-state index >= 15 is 0 Å². The number of carbonyl (C=O) groups is 1. The summed E-state index contributed by atoms with van der Waals surface area (Å²) >= 11 is 5.98. The van der Waals surface area contributed by atoms with Gasteiger partial charge >= 0.3 is 0 Å². The average Bonchev–Trinajstić information content (AvgIpc) is 2.65. The maximum Gasteiger partial charge on any atom is 0.276 e. The van der Waals surface area contributed by atoms with Gasteiger partial charge in [-0.3, -0.25) is 9.59 Å². The third-order valence-electron chi connectivity index (χ3n) is 3.96. The minimum atomic E-state index is -0.465. The molecule has 27 heavy (non-hydrogen) atoms. The summed E-state index contributed by atoms with van der Waals surface area (Å²) in [7, 11) is 1.50. The molecule has 6 nitrogen and oxygen atoms in total. The summed E-state index contributed by atoms with van der Waals surface area (Å²) in [6.45, 7) is 2.27. The number of anilines is 1. The molecule has 1 N–H and O–H groups in total. The van der Waals surface area contributed by atoms with Crippen LogP contribution < -0.4 is 15.6 Å². The van der Waals surface area contributed by atoms with Crippen LogP contribution in [0.5, 0.6) is 5.75 Å². The molecule has 0 aliphatic heterocycles. The Bertz CT molecular complexity index is 1030. The van der Waals surface area contributed by atoms with E-state index in [9.17, 15) is 9.59 Å². The Morgan fingerprint density at radius 3 is 2.59 bits per heavy atom. The number of rotatable bonds is 5. The van der Waals surface area contributed by atoms with Gasteiger partial charge in [-0.25, -0.2) is 4.68 Å². The van der Waals surface area contributed by atoms with Crippen LogP contribution in [0.2, 0.25) is 5.02 Å². The van der Waals surface area contributed by atoms with Crippen molar-refractivity contribution in [1.29, 1.82) is 0 Å². The molecule has 0 unspecified atom stereocenters. The van der Waals surface area contributed by atoms with E-state index in [1.807, 2.05) is 31.2 Å². The molecule has 138 valence electrons. The van der Waals surface area contributed by atoms with Crippen LogP contribution in [0.3, 0.4) is 0 Å². The Morgan fingerprint density at radius 1 is 1.15 bits per heavy atom. The molecule has 1 aromatic heterocycles. The zero-order valence-corrected chi connectivity index (χ0v) is 15.7. The lowest BCUT2D eigenvalue weighted by Crippen LogP contribution is -2.26. The first-order valence-electron chi connectivity index (χ1n) is 8.25. The van der Waals surface area contributed by atoms with Gasteiger partial charge in [0.15, 0.2) is 0 Å². The topological polar surface area (TPSA) is 73.2 Å². The first-order chi connectivity index (χ1) is 13.0. The number of carbonyl (C=O) groups excluding carboxylic acids is 1. The number of ether oxygens (including phenoxy) is 1. The number of aryl methyl sites for hydroxylation is 1. The Balaban J connectivity index is 1.85. The van der Waals surface area contributed by atoms with Crippen molar-refractivity contribution in [1.82, 2.24) is 9.78 Å². The van der Waals surface area contributed by atoms with E-state index in [4.69, 9.17) is 16.3 Å². The highest BCUT2D eigenvalue weighted by Crippen LogP contribution is 2.27. The van der Waals surface area contributed by atoms with Gasteiger partial charge in [0.05, 0.1) is 19.3 Å². The molecule has 3 aromatic rings. The highest BCUT2D eigenvalue weighted by Gasteiger charge is 2.13. The summed E-state index contributed by atoms with van der Waals surface area (Å²) in [6, 6.07) is 15.4. The lowest BCUT2D eigenvalue weighted by molar-refractivity contribution is 0.101. The van der Waals surface area contributed by atoms with Crippen molar-refractivity contribution >= 4 is 23.2 Å². The Morgan fingerprint density at radius 2 is 1.89 bits per heavy atom. The van der Waals surface area contributed by atoms with Crippen LogP contribution in [0.1, 0.15) is 21.6 Å². The summed E-state index contributed by atoms with van der Waals surface area (Å²) in [4.78, 5) is 24.7. The van der Waals surface area contributed by atoms with Crippen LogP contribution in [0, 0.1) is 6.92 Å². The number of benzene rings is 2. The van der Waals surface area contributed by atoms with Gasteiger partial charge in [0, 0.05) is 11.1 Å². The van der Waals surface area contributed by atoms with E-state index in [2.05, 4.69) is 10.4 Å². The van der Waals surface area contributed by atoms with E-state index in [0.29, 0.717) is 16.5 Å². The quantitative estimate of drug-likeness (QED) is 0.731. The van der Waals surface area contributed by atoms with E-state index in [0.717, 1.165) is 11.1 Å². The average molecular weight is 384 g/mol. The first-order valence-corrected chi connectivity index (χ1v) is 8.62. The fraction of sp³-hybridized carbons (Fsp3) is 0.150. The SMILES string of the molecule is COc1ccc(Cl)cc1NC(=O)c1ccc(=O)n(Cc2ccc(C)cc2)n1. The number of nitrogens with one attached hydrogen (secondary N) is 1. The summed E-state index contributed by atoms with van der Waals surface area (Å²) in [6.07, 6.45) is 0. The smallest absolute Gasteiger partial charge is 0.276 e. The monoisotopic (exact) mass is 383 g/mol. The van der Waals surface area contributed by atoms with Crippen molar-refractivity contribution in [2.45, 2.75) is 13.5 Å². The number of halogens is 1. The minimum absolute atomic E-state index is 0.115. The summed E-state index contributed by atoms with van der Waals surface area (Å²) in [5.74, 6) is 0.00829. The molecule has 0 aliphatic rings. The molecule has 0 bridgehead atoms. The van der Waals surface area contributed by atoms with Gasteiger partial charge in [-0.15, -0.1) is 0 Å². The van der Waals surface area contributed by atoms with Gasteiger partial charge in [0.25, 0.3) is 11.5 Å². The fourth-order valence-electron chi connectivity index (χ4n) is 2.51. The molecule has 1 amide bonds. The number of hydrogen-bond acceptors (Lipinski definition) is 4. The Kier molecular flexibility index (Phi) is 5.57. The highest BCUT2D eigenvalue weighted by molar-refractivity contribution is 6.31. The second kappa shape index (κ2) is 8.05. The third-order valence-corrected chi connectivity index (χ3v) is 4.20. The molecule has 0 fully saturated rings. The molecule has 0 aliphatic carbocycles. The van der Waals surface area contributed by atoms with Crippen LogP contribution in [-0.4, -0.2) is 22.8 Å². The zero-order valence-electron chi connectivity index (χ0n) is 14.9. The maximum absolute atomic E-state index is 12.6. The van der Waals surface area contributed by atoms with Gasteiger partial charge in [0.1, 0.15) is 11.4 Å². The van der Waals surface area contributed by atoms with Gasteiger partial charge in [-0.1, -0.05) is 41.4 Å². The van der Waals surface area contributed by atoms with Crippen molar-refractivity contribution < 1.29 is 9.53 Å². The molecule has 2 aromatic carbocycles. The third kappa shape index (κ3) is 4.54. The molecule has 0 spiro atoms. The van der Waals surface area contributed by atoms with Gasteiger partial charge in [-0.2, -0.15) is 5.10 Å². The van der Waals surface area contributed by atoms with Gasteiger partial charge in [-0.05, 0) is 36.8 Å². The highest BCUT2D eigenvalue weighted by atomic mass is 35.5. The van der Waals surface area contributed by atoms with Crippen molar-refractivity contribution in [2.24, 2.45) is 0 Å². The van der Waals surface area contributed by atoms with Crippen molar-refractivity contribution in [2.75, 3.05) is 12.4 Å². The number of hydrogen-bond donors (Lipinski definition) is 1. The normalized spacial score (nSPS) is 10.5. The van der Waals surface area contributed by atoms with Crippen LogP contribution in [0.4, 0.5) is 5.69 Å². The maximum atomic E-state index is 12.6. The summed E-state index contributed by atoms with van der Waals surface area (Å²) in [5.41, 5.74) is 2.30. The largest absolute Gasteiger partial charge is 0.495 e. The lowest BCUT2D eigenvalue weighted by Gasteiger charge is -2.11. The van der Waals surface area contributed by atoms with E-state index in [1.165, 1.54) is 23.9 Å². The molecular formula is C20H18ClN3O3. The second-order valence-corrected chi connectivity index (χ2v) is 6.44.